The highest BCUT2D eigenvalue weighted by atomic mass is 19.1. The van der Waals surface area contributed by atoms with Gasteiger partial charge in [-0.2, -0.15) is 0 Å². The molecule has 1 aromatic carbocycles. The summed E-state index contributed by atoms with van der Waals surface area (Å²) in [5.74, 6) is 7.11. The summed E-state index contributed by atoms with van der Waals surface area (Å²) in [6, 6.07) is 8.72. The van der Waals surface area contributed by atoms with Crippen LogP contribution in [0.5, 0.6) is 0 Å². The van der Waals surface area contributed by atoms with E-state index in [1.807, 2.05) is 32.2 Å². The number of hydrogen-bond donors (Lipinski definition) is 1. The quantitative estimate of drug-likeness (QED) is 0.879. The van der Waals surface area contributed by atoms with Crippen molar-refractivity contribution in [3.05, 3.63) is 58.8 Å². The Morgan fingerprint density at radius 2 is 2.05 bits per heavy atom. The van der Waals surface area contributed by atoms with E-state index in [1.165, 1.54) is 12.1 Å². The van der Waals surface area contributed by atoms with Gasteiger partial charge in [-0.05, 0) is 49.9 Å². The minimum Gasteiger partial charge on any atom is -0.465 e. The Labute approximate surface area is 124 Å². The summed E-state index contributed by atoms with van der Waals surface area (Å²) in [6.45, 7) is 3.48. The van der Waals surface area contributed by atoms with Gasteiger partial charge in [-0.1, -0.05) is 11.8 Å². The van der Waals surface area contributed by atoms with E-state index in [0.717, 1.165) is 17.1 Å². The Kier molecular flexibility index (Phi) is 5.15. The molecule has 2 aromatic rings. The highest BCUT2D eigenvalue weighted by Crippen LogP contribution is 2.13. The zero-order valence-electron chi connectivity index (χ0n) is 12.3. The minimum atomic E-state index is -0.281. The third kappa shape index (κ3) is 4.75. The normalized spacial score (nSPS) is 10.5. The second-order valence-corrected chi connectivity index (χ2v) is 5.04. The summed E-state index contributed by atoms with van der Waals surface area (Å²) in [5.41, 5.74) is 6.86. The molecule has 2 N–H and O–H groups in total. The number of aryl methyl sites for hydroxylation is 1. The van der Waals surface area contributed by atoms with Crippen LogP contribution in [0.3, 0.4) is 0 Å². The molecule has 1 heterocycles. The lowest BCUT2D eigenvalue weighted by Gasteiger charge is -2.15. The van der Waals surface area contributed by atoms with Crippen LogP contribution in [0, 0.1) is 24.6 Å². The summed E-state index contributed by atoms with van der Waals surface area (Å²) in [5, 5.41) is 0. The summed E-state index contributed by atoms with van der Waals surface area (Å²) < 4.78 is 19.1. The number of nitrogens with zero attached hydrogens (tertiary/aromatic N) is 1. The fraction of sp³-hybridized carbons (Fsp3) is 0.294. The van der Waals surface area contributed by atoms with E-state index in [1.54, 1.807) is 0 Å². The first-order valence-electron chi connectivity index (χ1n) is 6.79. The van der Waals surface area contributed by atoms with Crippen molar-refractivity contribution in [3.8, 4) is 11.8 Å². The molecule has 0 saturated carbocycles. The molecule has 3 nitrogen and oxygen atoms in total. The SMILES string of the molecule is Cc1ccc(CN(C)Cc2cc(F)cc(C#CCN)c2)o1. The fourth-order valence-corrected chi connectivity index (χ4v) is 2.17. The Hall–Kier alpha value is -2.09. The summed E-state index contributed by atoms with van der Waals surface area (Å²) in [4.78, 5) is 2.06. The number of nitrogens with two attached hydrogens (primary N) is 1. The topological polar surface area (TPSA) is 42.4 Å². The molecule has 0 saturated heterocycles. The monoisotopic (exact) mass is 286 g/mol. The van der Waals surface area contributed by atoms with Crippen molar-refractivity contribution in [2.24, 2.45) is 5.73 Å². The maximum absolute atomic E-state index is 13.6. The zero-order valence-corrected chi connectivity index (χ0v) is 12.3. The Morgan fingerprint density at radius 3 is 2.71 bits per heavy atom. The van der Waals surface area contributed by atoms with Crippen molar-refractivity contribution in [1.29, 1.82) is 0 Å². The molecular formula is C17H19FN2O. The molecule has 0 amide bonds. The molecule has 0 atom stereocenters. The van der Waals surface area contributed by atoms with E-state index in [-0.39, 0.29) is 12.4 Å². The average molecular weight is 286 g/mol. The van der Waals surface area contributed by atoms with E-state index in [9.17, 15) is 4.39 Å². The van der Waals surface area contributed by atoms with Gasteiger partial charge in [0, 0.05) is 12.1 Å². The van der Waals surface area contributed by atoms with E-state index in [4.69, 9.17) is 10.2 Å². The van der Waals surface area contributed by atoms with Crippen LogP contribution in [0.1, 0.15) is 22.6 Å². The number of furan rings is 1. The van der Waals surface area contributed by atoms with Crippen LogP contribution in [0.25, 0.3) is 0 Å². The van der Waals surface area contributed by atoms with Gasteiger partial charge in [0.1, 0.15) is 17.3 Å². The van der Waals surface area contributed by atoms with Gasteiger partial charge in [0.05, 0.1) is 13.1 Å². The summed E-state index contributed by atoms with van der Waals surface area (Å²) in [7, 11) is 1.97. The highest BCUT2D eigenvalue weighted by Gasteiger charge is 2.06. The summed E-state index contributed by atoms with van der Waals surface area (Å²) in [6.07, 6.45) is 0. The van der Waals surface area contributed by atoms with E-state index in [0.29, 0.717) is 18.7 Å². The first kappa shape index (κ1) is 15.3. The van der Waals surface area contributed by atoms with Gasteiger partial charge in [-0.15, -0.1) is 0 Å². The van der Waals surface area contributed by atoms with Crippen LogP contribution in [0.4, 0.5) is 4.39 Å². The molecule has 0 aliphatic rings. The standard InChI is InChI=1S/C17H19FN2O/c1-13-5-6-17(21-13)12-20(2)11-15-8-14(4-3-7-19)9-16(18)10-15/h5-6,8-10H,7,11-12,19H2,1-2H3. The lowest BCUT2D eigenvalue weighted by molar-refractivity contribution is 0.285. The fourth-order valence-electron chi connectivity index (χ4n) is 2.17. The van der Waals surface area contributed by atoms with Crippen molar-refractivity contribution in [2.45, 2.75) is 20.0 Å². The van der Waals surface area contributed by atoms with E-state index in [2.05, 4.69) is 16.7 Å². The maximum Gasteiger partial charge on any atom is 0.124 e. The number of hydrogen-bond acceptors (Lipinski definition) is 3. The predicted molar refractivity (Wildman–Crippen MR) is 80.9 cm³/mol. The maximum atomic E-state index is 13.6. The Bertz CT molecular complexity index is 667. The van der Waals surface area contributed by atoms with Crippen LogP contribution in [0.15, 0.2) is 34.7 Å². The number of halogens is 1. The Morgan fingerprint density at radius 1 is 1.24 bits per heavy atom. The van der Waals surface area contributed by atoms with Crippen molar-refractivity contribution in [2.75, 3.05) is 13.6 Å². The van der Waals surface area contributed by atoms with Gasteiger partial charge in [-0.3, -0.25) is 4.90 Å². The second kappa shape index (κ2) is 7.07. The molecule has 0 bridgehead atoms. The average Bonchev–Trinajstić information content (AvgIpc) is 2.80. The van der Waals surface area contributed by atoms with Gasteiger partial charge in [0.2, 0.25) is 0 Å². The smallest absolute Gasteiger partial charge is 0.124 e. The van der Waals surface area contributed by atoms with E-state index < -0.39 is 0 Å². The molecule has 2 rings (SSSR count). The minimum absolute atomic E-state index is 0.267. The molecule has 0 fully saturated rings. The largest absolute Gasteiger partial charge is 0.465 e. The van der Waals surface area contributed by atoms with Gasteiger partial charge in [0.15, 0.2) is 0 Å². The van der Waals surface area contributed by atoms with Gasteiger partial charge >= 0.3 is 0 Å². The van der Waals surface area contributed by atoms with Crippen LogP contribution in [-0.4, -0.2) is 18.5 Å². The van der Waals surface area contributed by atoms with Crippen molar-refractivity contribution in [3.63, 3.8) is 0 Å². The lowest BCUT2D eigenvalue weighted by Crippen LogP contribution is -2.17. The third-order valence-electron chi connectivity index (χ3n) is 2.97. The van der Waals surface area contributed by atoms with Crippen LogP contribution >= 0.6 is 0 Å². The molecule has 110 valence electrons. The summed E-state index contributed by atoms with van der Waals surface area (Å²) >= 11 is 0. The number of benzene rings is 1. The molecule has 0 spiro atoms. The second-order valence-electron chi connectivity index (χ2n) is 5.04. The highest BCUT2D eigenvalue weighted by molar-refractivity contribution is 5.38. The molecule has 4 heteroatoms. The van der Waals surface area contributed by atoms with Crippen molar-refractivity contribution >= 4 is 0 Å². The molecule has 21 heavy (non-hydrogen) atoms. The molecule has 0 radical (unpaired) electrons. The Balaban J connectivity index is 2.06. The zero-order chi connectivity index (χ0) is 15.2. The van der Waals surface area contributed by atoms with Gasteiger partial charge < -0.3 is 10.2 Å². The van der Waals surface area contributed by atoms with Crippen LogP contribution < -0.4 is 5.73 Å². The lowest BCUT2D eigenvalue weighted by atomic mass is 10.1. The first-order chi connectivity index (χ1) is 10.1. The van der Waals surface area contributed by atoms with Crippen LogP contribution in [0.2, 0.25) is 0 Å². The van der Waals surface area contributed by atoms with Gasteiger partial charge in [-0.25, -0.2) is 4.39 Å². The van der Waals surface area contributed by atoms with Crippen molar-refractivity contribution in [1.82, 2.24) is 4.90 Å². The molecule has 1 aromatic heterocycles. The molecule has 0 aliphatic heterocycles. The molecule has 0 unspecified atom stereocenters. The molecular weight excluding hydrogens is 267 g/mol. The first-order valence-corrected chi connectivity index (χ1v) is 6.79. The van der Waals surface area contributed by atoms with Crippen LogP contribution in [-0.2, 0) is 13.1 Å². The number of rotatable bonds is 4. The van der Waals surface area contributed by atoms with Crippen molar-refractivity contribution < 1.29 is 8.81 Å². The van der Waals surface area contributed by atoms with E-state index >= 15 is 0 Å². The van der Waals surface area contributed by atoms with Gasteiger partial charge in [0.25, 0.3) is 0 Å². The predicted octanol–water partition coefficient (Wildman–Crippen LogP) is 2.67. The molecule has 0 aliphatic carbocycles. The third-order valence-corrected chi connectivity index (χ3v) is 2.97.